The summed E-state index contributed by atoms with van der Waals surface area (Å²) < 4.78 is 11.1. The van der Waals surface area contributed by atoms with Crippen LogP contribution in [0.4, 0.5) is 0 Å². The lowest BCUT2D eigenvalue weighted by Crippen LogP contribution is -2.08. The van der Waals surface area contributed by atoms with Gasteiger partial charge < -0.3 is 9.47 Å². The molecule has 0 fully saturated rings. The minimum Gasteiger partial charge on any atom is -0.462 e. The minimum atomic E-state index is -0.362. The highest BCUT2D eigenvalue weighted by Gasteiger charge is 2.15. The van der Waals surface area contributed by atoms with E-state index in [1.54, 1.807) is 19.1 Å². The van der Waals surface area contributed by atoms with E-state index in [1.165, 1.54) is 6.20 Å². The number of aromatic nitrogens is 1. The zero-order valence-electron chi connectivity index (χ0n) is 14.7. The Labute approximate surface area is 153 Å². The van der Waals surface area contributed by atoms with Crippen molar-refractivity contribution in [3.8, 4) is 0 Å². The molecular formula is C22H21NO3. The fourth-order valence-corrected chi connectivity index (χ4v) is 2.65. The summed E-state index contributed by atoms with van der Waals surface area (Å²) in [6.07, 6.45) is 1.35. The minimum absolute atomic E-state index is 0.177. The van der Waals surface area contributed by atoms with Crippen molar-refractivity contribution in [3.63, 3.8) is 0 Å². The van der Waals surface area contributed by atoms with E-state index in [1.807, 2.05) is 36.4 Å². The fourth-order valence-electron chi connectivity index (χ4n) is 2.65. The second-order valence-corrected chi connectivity index (χ2v) is 5.77. The highest BCUT2D eigenvalue weighted by atomic mass is 16.5. The van der Waals surface area contributed by atoms with Crippen LogP contribution in [0.5, 0.6) is 0 Å². The average molecular weight is 347 g/mol. The maximum Gasteiger partial charge on any atom is 0.339 e. The van der Waals surface area contributed by atoms with Crippen LogP contribution >= 0.6 is 0 Å². The van der Waals surface area contributed by atoms with Gasteiger partial charge in [0.15, 0.2) is 0 Å². The molecule has 0 amide bonds. The lowest BCUT2D eigenvalue weighted by atomic mass is 10.0. The Kier molecular flexibility index (Phi) is 6.12. The van der Waals surface area contributed by atoms with E-state index in [0.29, 0.717) is 18.8 Å². The van der Waals surface area contributed by atoms with E-state index in [0.717, 1.165) is 16.8 Å². The predicted molar refractivity (Wildman–Crippen MR) is 99.7 cm³/mol. The second-order valence-electron chi connectivity index (χ2n) is 5.77. The number of rotatable bonds is 7. The van der Waals surface area contributed by atoms with Crippen molar-refractivity contribution in [1.29, 1.82) is 0 Å². The number of carbonyl (C=O) groups excluding carboxylic acids is 1. The van der Waals surface area contributed by atoms with Gasteiger partial charge in [0.2, 0.25) is 0 Å². The summed E-state index contributed by atoms with van der Waals surface area (Å²) in [6, 6.07) is 23.7. The Morgan fingerprint density at radius 1 is 0.923 bits per heavy atom. The van der Waals surface area contributed by atoms with Gasteiger partial charge in [0.25, 0.3) is 0 Å². The van der Waals surface area contributed by atoms with Crippen LogP contribution in [0, 0.1) is 0 Å². The van der Waals surface area contributed by atoms with Crippen molar-refractivity contribution in [1.82, 2.24) is 4.98 Å². The van der Waals surface area contributed by atoms with Crippen LogP contribution in [0.1, 0.15) is 40.2 Å². The molecule has 0 aliphatic carbocycles. The maximum atomic E-state index is 11.7. The highest BCUT2D eigenvalue weighted by molar-refractivity contribution is 5.88. The quantitative estimate of drug-likeness (QED) is 0.588. The number of hydrogen-bond donors (Lipinski definition) is 0. The fraction of sp³-hybridized carbons (Fsp3) is 0.182. The van der Waals surface area contributed by atoms with Crippen LogP contribution in [0.25, 0.3) is 0 Å². The summed E-state index contributed by atoms with van der Waals surface area (Å²) in [4.78, 5) is 16.0. The molecule has 1 heterocycles. The van der Waals surface area contributed by atoms with E-state index in [2.05, 4.69) is 29.2 Å². The number of ether oxygens (including phenoxy) is 2. The monoisotopic (exact) mass is 347 g/mol. The van der Waals surface area contributed by atoms with E-state index < -0.39 is 0 Å². The Hall–Kier alpha value is -2.98. The number of benzene rings is 2. The molecule has 0 spiro atoms. The van der Waals surface area contributed by atoms with E-state index >= 15 is 0 Å². The van der Waals surface area contributed by atoms with Crippen LogP contribution < -0.4 is 0 Å². The molecule has 2 aromatic carbocycles. The van der Waals surface area contributed by atoms with Gasteiger partial charge in [-0.25, -0.2) is 4.79 Å². The Balaban J connectivity index is 1.73. The average Bonchev–Trinajstić information content (AvgIpc) is 2.70. The summed E-state index contributed by atoms with van der Waals surface area (Å²) in [7, 11) is 0. The summed E-state index contributed by atoms with van der Waals surface area (Å²) in [6.45, 7) is 2.47. The third-order valence-corrected chi connectivity index (χ3v) is 3.94. The van der Waals surface area contributed by atoms with Crippen LogP contribution in [0.2, 0.25) is 0 Å². The third kappa shape index (κ3) is 4.55. The first-order valence-corrected chi connectivity index (χ1v) is 8.61. The van der Waals surface area contributed by atoms with Crippen molar-refractivity contribution in [2.45, 2.75) is 19.6 Å². The lowest BCUT2D eigenvalue weighted by Gasteiger charge is -2.19. The molecule has 0 N–H and O–H groups in total. The molecule has 0 saturated carbocycles. The van der Waals surface area contributed by atoms with Gasteiger partial charge in [-0.1, -0.05) is 60.7 Å². The molecule has 0 atom stereocenters. The van der Waals surface area contributed by atoms with Crippen LogP contribution in [-0.4, -0.2) is 17.6 Å². The summed E-state index contributed by atoms with van der Waals surface area (Å²) in [5, 5.41) is 0. The molecular weight excluding hydrogens is 326 g/mol. The molecule has 1 aromatic heterocycles. The van der Waals surface area contributed by atoms with Gasteiger partial charge in [0.1, 0.15) is 6.10 Å². The van der Waals surface area contributed by atoms with E-state index in [4.69, 9.17) is 9.47 Å². The smallest absolute Gasteiger partial charge is 0.339 e. The van der Waals surface area contributed by atoms with Crippen LogP contribution in [0.3, 0.4) is 0 Å². The SMILES string of the molecule is CCOC(=O)c1ccc(COC(c2ccccc2)c2ccccc2)nc1. The number of pyridine rings is 1. The van der Waals surface area contributed by atoms with Crippen molar-refractivity contribution >= 4 is 5.97 Å². The summed E-state index contributed by atoms with van der Waals surface area (Å²) in [5.41, 5.74) is 3.37. The standard InChI is InChI=1S/C22H21NO3/c1-2-25-22(24)19-13-14-20(23-15-19)16-26-21(17-9-5-3-6-10-17)18-11-7-4-8-12-18/h3-15,21H,2,16H2,1H3. The summed E-state index contributed by atoms with van der Waals surface area (Å²) in [5.74, 6) is -0.362. The first-order chi connectivity index (χ1) is 12.8. The molecule has 4 nitrogen and oxygen atoms in total. The van der Waals surface area contributed by atoms with Gasteiger partial charge >= 0.3 is 5.97 Å². The molecule has 0 radical (unpaired) electrons. The lowest BCUT2D eigenvalue weighted by molar-refractivity contribution is 0.0524. The topological polar surface area (TPSA) is 48.4 Å². The molecule has 3 aromatic rings. The van der Waals surface area contributed by atoms with E-state index in [-0.39, 0.29) is 12.1 Å². The first-order valence-electron chi connectivity index (χ1n) is 8.61. The van der Waals surface area contributed by atoms with Crippen LogP contribution in [0.15, 0.2) is 79.0 Å². The summed E-state index contributed by atoms with van der Waals surface area (Å²) >= 11 is 0. The zero-order valence-corrected chi connectivity index (χ0v) is 14.7. The van der Waals surface area contributed by atoms with Gasteiger partial charge in [-0.05, 0) is 30.2 Å². The van der Waals surface area contributed by atoms with Gasteiger partial charge in [-0.3, -0.25) is 4.98 Å². The predicted octanol–water partition coefficient (Wildman–Crippen LogP) is 4.56. The maximum absolute atomic E-state index is 11.7. The second kappa shape index (κ2) is 8.92. The zero-order chi connectivity index (χ0) is 18.2. The molecule has 0 unspecified atom stereocenters. The molecule has 132 valence electrons. The molecule has 0 aliphatic heterocycles. The van der Waals surface area contributed by atoms with Crippen molar-refractivity contribution in [3.05, 3.63) is 101 Å². The molecule has 26 heavy (non-hydrogen) atoms. The Morgan fingerprint density at radius 2 is 1.54 bits per heavy atom. The van der Waals surface area contributed by atoms with Crippen molar-refractivity contribution in [2.75, 3.05) is 6.61 Å². The molecule has 0 aliphatic rings. The van der Waals surface area contributed by atoms with E-state index in [9.17, 15) is 4.79 Å². The number of hydrogen-bond acceptors (Lipinski definition) is 4. The van der Waals surface area contributed by atoms with Gasteiger partial charge in [-0.2, -0.15) is 0 Å². The van der Waals surface area contributed by atoms with Crippen molar-refractivity contribution < 1.29 is 14.3 Å². The number of carbonyl (C=O) groups is 1. The molecule has 3 rings (SSSR count). The molecule has 0 saturated heterocycles. The van der Waals surface area contributed by atoms with Gasteiger partial charge in [0.05, 0.1) is 24.5 Å². The van der Waals surface area contributed by atoms with Gasteiger partial charge in [0, 0.05) is 6.20 Å². The van der Waals surface area contributed by atoms with Crippen molar-refractivity contribution in [2.24, 2.45) is 0 Å². The number of nitrogens with zero attached hydrogens (tertiary/aromatic N) is 1. The highest BCUT2D eigenvalue weighted by Crippen LogP contribution is 2.26. The Bertz CT molecular complexity index is 778. The van der Waals surface area contributed by atoms with Gasteiger partial charge in [-0.15, -0.1) is 0 Å². The third-order valence-electron chi connectivity index (χ3n) is 3.94. The molecule has 0 bridgehead atoms. The largest absolute Gasteiger partial charge is 0.462 e. The number of esters is 1. The molecule has 4 heteroatoms. The normalized spacial score (nSPS) is 10.7. The first kappa shape index (κ1) is 17.8. The van der Waals surface area contributed by atoms with Crippen LogP contribution in [-0.2, 0) is 16.1 Å². The Morgan fingerprint density at radius 3 is 2.04 bits per heavy atom.